The molecule has 0 aromatic heterocycles. The van der Waals surface area contributed by atoms with Gasteiger partial charge in [0.25, 0.3) is 5.69 Å². The van der Waals surface area contributed by atoms with E-state index in [1.54, 1.807) is 17.3 Å². The second kappa shape index (κ2) is 11.1. The molecule has 0 spiro atoms. The number of carbonyl (C=O) groups excluding carboxylic acids is 1. The number of hydrogen-bond acceptors (Lipinski definition) is 5. The van der Waals surface area contributed by atoms with Crippen LogP contribution in [-0.2, 0) is 20.5 Å². The molecule has 1 heterocycles. The van der Waals surface area contributed by atoms with E-state index < -0.39 is 21.9 Å². The number of hydrogen-bond donors (Lipinski definition) is 0. The molecule has 28 heavy (non-hydrogen) atoms. The summed E-state index contributed by atoms with van der Waals surface area (Å²) in [6, 6.07) is 17.6. The van der Waals surface area contributed by atoms with E-state index in [9.17, 15) is 19.1 Å². The first-order valence-electron chi connectivity index (χ1n) is 8.80. The molecule has 7 nitrogen and oxygen atoms in total. The molecule has 1 aliphatic heterocycles. The summed E-state index contributed by atoms with van der Waals surface area (Å²) in [5.41, 5.74) is 0.440. The molecule has 1 atom stereocenters. The van der Waals surface area contributed by atoms with E-state index in [4.69, 9.17) is 4.74 Å². The van der Waals surface area contributed by atoms with Crippen LogP contribution in [0.5, 0.6) is 0 Å². The summed E-state index contributed by atoms with van der Waals surface area (Å²) in [5, 5.41) is 10.6. The van der Waals surface area contributed by atoms with Crippen molar-refractivity contribution in [1.29, 1.82) is 0 Å². The SMILES string of the molecule is CCOC(=O)C1=CCCN(S(=O)c2ccc([N+](=O)[O-])cc2)C1.c1ccccc1. The highest BCUT2D eigenvalue weighted by Gasteiger charge is 2.24. The molecule has 0 saturated heterocycles. The molecule has 0 saturated carbocycles. The number of esters is 1. The maximum absolute atomic E-state index is 12.5. The Balaban J connectivity index is 0.000000397. The Labute approximate surface area is 166 Å². The highest BCUT2D eigenvalue weighted by molar-refractivity contribution is 7.82. The molecule has 0 amide bonds. The average molecular weight is 402 g/mol. The van der Waals surface area contributed by atoms with Crippen molar-refractivity contribution in [1.82, 2.24) is 4.31 Å². The van der Waals surface area contributed by atoms with Gasteiger partial charge in [0.05, 0.1) is 16.4 Å². The zero-order valence-electron chi connectivity index (χ0n) is 15.5. The van der Waals surface area contributed by atoms with Gasteiger partial charge in [0.1, 0.15) is 11.0 Å². The van der Waals surface area contributed by atoms with Gasteiger partial charge in [-0.15, -0.1) is 0 Å². The standard InChI is InChI=1S/C14H16N2O5S.C6H6/c1-2-21-14(17)11-4-3-9-15(10-11)22(20)13-7-5-12(6-8-13)16(18)19;1-2-4-6-5-3-1/h4-8H,2-3,9-10H2,1H3;1-6H. The van der Waals surface area contributed by atoms with Gasteiger partial charge in [-0.05, 0) is 25.5 Å². The number of benzene rings is 2. The maximum Gasteiger partial charge on any atom is 0.335 e. The number of rotatable bonds is 5. The molecule has 1 unspecified atom stereocenters. The lowest BCUT2D eigenvalue weighted by Crippen LogP contribution is -2.34. The van der Waals surface area contributed by atoms with Crippen molar-refractivity contribution in [2.75, 3.05) is 19.7 Å². The molecule has 0 fully saturated rings. The van der Waals surface area contributed by atoms with E-state index in [1.165, 1.54) is 24.3 Å². The van der Waals surface area contributed by atoms with Gasteiger partial charge in [-0.3, -0.25) is 10.1 Å². The van der Waals surface area contributed by atoms with E-state index in [0.717, 1.165) is 0 Å². The summed E-state index contributed by atoms with van der Waals surface area (Å²) in [6.07, 6.45) is 2.40. The quantitative estimate of drug-likeness (QED) is 0.434. The second-order valence-corrected chi connectivity index (χ2v) is 7.24. The molecule has 2 aromatic carbocycles. The van der Waals surface area contributed by atoms with Crippen LogP contribution in [0.1, 0.15) is 13.3 Å². The van der Waals surface area contributed by atoms with Crippen LogP contribution < -0.4 is 0 Å². The van der Waals surface area contributed by atoms with Crippen LogP contribution in [0.2, 0.25) is 0 Å². The van der Waals surface area contributed by atoms with Crippen LogP contribution in [0.4, 0.5) is 5.69 Å². The van der Waals surface area contributed by atoms with Crippen LogP contribution in [0.15, 0.2) is 77.2 Å². The first-order chi connectivity index (χ1) is 13.5. The van der Waals surface area contributed by atoms with Gasteiger partial charge in [-0.1, -0.05) is 42.5 Å². The van der Waals surface area contributed by atoms with Crippen molar-refractivity contribution in [2.24, 2.45) is 0 Å². The van der Waals surface area contributed by atoms with E-state index in [2.05, 4.69) is 0 Å². The number of carbonyl (C=O) groups is 1. The fourth-order valence-corrected chi connectivity index (χ4v) is 3.64. The molecule has 3 rings (SSSR count). The lowest BCUT2D eigenvalue weighted by atomic mass is 10.1. The number of nitro benzene ring substituents is 1. The number of non-ortho nitro benzene ring substituents is 1. The Morgan fingerprint density at radius 3 is 2.21 bits per heavy atom. The first kappa shape index (κ1) is 21.5. The summed E-state index contributed by atoms with van der Waals surface area (Å²) in [4.78, 5) is 22.3. The van der Waals surface area contributed by atoms with Crippen molar-refractivity contribution in [3.8, 4) is 0 Å². The Hall–Kier alpha value is -2.84. The van der Waals surface area contributed by atoms with Crippen molar-refractivity contribution in [3.63, 3.8) is 0 Å². The van der Waals surface area contributed by atoms with Crippen LogP contribution in [0, 0.1) is 10.1 Å². The largest absolute Gasteiger partial charge is 0.463 e. The minimum Gasteiger partial charge on any atom is -0.463 e. The summed E-state index contributed by atoms with van der Waals surface area (Å²) in [7, 11) is -1.47. The lowest BCUT2D eigenvalue weighted by Gasteiger charge is -2.25. The van der Waals surface area contributed by atoms with E-state index in [1.807, 2.05) is 36.4 Å². The van der Waals surface area contributed by atoms with Crippen LogP contribution in [0.3, 0.4) is 0 Å². The van der Waals surface area contributed by atoms with Gasteiger partial charge >= 0.3 is 5.97 Å². The summed E-state index contributed by atoms with van der Waals surface area (Å²) in [6.45, 7) is 2.81. The predicted molar refractivity (Wildman–Crippen MR) is 107 cm³/mol. The van der Waals surface area contributed by atoms with Gasteiger partial charge in [0, 0.05) is 30.8 Å². The van der Waals surface area contributed by atoms with Gasteiger partial charge in [0.15, 0.2) is 0 Å². The van der Waals surface area contributed by atoms with E-state index in [0.29, 0.717) is 30.0 Å². The van der Waals surface area contributed by atoms with Crippen LogP contribution >= 0.6 is 0 Å². The Morgan fingerprint density at radius 2 is 1.71 bits per heavy atom. The molecular weight excluding hydrogens is 380 g/mol. The fraction of sp³-hybridized carbons (Fsp3) is 0.250. The molecule has 2 aromatic rings. The minimum atomic E-state index is -1.47. The fourth-order valence-electron chi connectivity index (χ4n) is 2.45. The van der Waals surface area contributed by atoms with Crippen LogP contribution in [-0.4, -0.2) is 39.1 Å². The molecule has 1 aliphatic rings. The number of nitro groups is 1. The van der Waals surface area contributed by atoms with Gasteiger partial charge in [-0.2, -0.15) is 0 Å². The zero-order valence-corrected chi connectivity index (χ0v) is 16.3. The summed E-state index contributed by atoms with van der Waals surface area (Å²) >= 11 is 0. The first-order valence-corrected chi connectivity index (χ1v) is 9.91. The number of nitrogens with zero attached hydrogens (tertiary/aromatic N) is 2. The molecule has 8 heteroatoms. The Kier molecular flexibility index (Phi) is 8.51. The smallest absolute Gasteiger partial charge is 0.335 e. The summed E-state index contributed by atoms with van der Waals surface area (Å²) < 4.78 is 19.1. The van der Waals surface area contributed by atoms with Crippen molar-refractivity contribution in [3.05, 3.63) is 82.4 Å². The lowest BCUT2D eigenvalue weighted by molar-refractivity contribution is -0.384. The molecule has 0 aliphatic carbocycles. The third-order valence-corrected chi connectivity index (χ3v) is 5.26. The highest BCUT2D eigenvalue weighted by Crippen LogP contribution is 2.20. The van der Waals surface area contributed by atoms with Gasteiger partial charge < -0.3 is 4.74 Å². The summed E-state index contributed by atoms with van der Waals surface area (Å²) in [5.74, 6) is -0.395. The third kappa shape index (κ3) is 6.40. The molecule has 0 radical (unpaired) electrons. The third-order valence-electron chi connectivity index (χ3n) is 3.80. The van der Waals surface area contributed by atoms with E-state index >= 15 is 0 Å². The topological polar surface area (TPSA) is 89.8 Å². The van der Waals surface area contributed by atoms with E-state index in [-0.39, 0.29) is 12.2 Å². The normalized spacial score (nSPS) is 14.8. The highest BCUT2D eigenvalue weighted by atomic mass is 32.2. The molecule has 0 N–H and O–H groups in total. The van der Waals surface area contributed by atoms with Gasteiger partial charge in [0.2, 0.25) is 0 Å². The van der Waals surface area contributed by atoms with Crippen LogP contribution in [0.25, 0.3) is 0 Å². The molecular formula is C20H22N2O5S. The second-order valence-electron chi connectivity index (χ2n) is 5.76. The predicted octanol–water partition coefficient (Wildman–Crippen LogP) is 3.50. The van der Waals surface area contributed by atoms with Crippen molar-refractivity contribution < 1.29 is 18.7 Å². The van der Waals surface area contributed by atoms with Crippen molar-refractivity contribution >= 4 is 22.6 Å². The monoisotopic (exact) mass is 402 g/mol. The zero-order chi connectivity index (χ0) is 20.4. The Morgan fingerprint density at radius 1 is 1.14 bits per heavy atom. The van der Waals surface area contributed by atoms with Crippen molar-refractivity contribution in [2.45, 2.75) is 18.2 Å². The molecule has 0 bridgehead atoms. The average Bonchev–Trinajstić information content (AvgIpc) is 2.75. The maximum atomic E-state index is 12.5. The van der Waals surface area contributed by atoms with Gasteiger partial charge in [-0.25, -0.2) is 13.3 Å². The number of ether oxygens (including phenoxy) is 1. The Bertz CT molecular complexity index is 811. The molecule has 148 valence electrons. The minimum absolute atomic E-state index is 0.0495.